The molecule has 0 saturated carbocycles. The van der Waals surface area contributed by atoms with Gasteiger partial charge in [-0.05, 0) is 56.9 Å². The zero-order valence-electron chi connectivity index (χ0n) is 19.1. The van der Waals surface area contributed by atoms with Crippen LogP contribution in [0.5, 0.6) is 11.5 Å². The van der Waals surface area contributed by atoms with Crippen LogP contribution in [0.3, 0.4) is 0 Å². The van der Waals surface area contributed by atoms with Crippen LogP contribution in [0.2, 0.25) is 0 Å². The molecule has 0 saturated heterocycles. The molecule has 1 heterocycles. The SMILES string of the molecule is CCCCOc1ccc(CCC(=O)Nc2sc(C(=O)OCC)c(C)c2C#N)cc1OCC. The van der Waals surface area contributed by atoms with Gasteiger partial charge < -0.3 is 19.5 Å². The van der Waals surface area contributed by atoms with Gasteiger partial charge in [0.05, 0.1) is 25.4 Å². The van der Waals surface area contributed by atoms with Gasteiger partial charge in [-0.25, -0.2) is 4.79 Å². The largest absolute Gasteiger partial charge is 0.490 e. The fourth-order valence-corrected chi connectivity index (χ4v) is 4.06. The summed E-state index contributed by atoms with van der Waals surface area (Å²) in [5, 5.41) is 12.6. The van der Waals surface area contributed by atoms with Crippen molar-refractivity contribution in [3.8, 4) is 17.6 Å². The maximum absolute atomic E-state index is 12.5. The number of esters is 1. The molecule has 0 spiro atoms. The number of nitriles is 1. The third kappa shape index (κ3) is 6.72. The third-order valence-electron chi connectivity index (χ3n) is 4.68. The van der Waals surface area contributed by atoms with Gasteiger partial charge in [-0.3, -0.25) is 4.79 Å². The lowest BCUT2D eigenvalue weighted by atomic mass is 10.1. The van der Waals surface area contributed by atoms with Crippen molar-refractivity contribution < 1.29 is 23.8 Å². The van der Waals surface area contributed by atoms with Crippen LogP contribution in [0, 0.1) is 18.3 Å². The number of benzene rings is 1. The summed E-state index contributed by atoms with van der Waals surface area (Å²) >= 11 is 1.06. The number of carbonyl (C=O) groups excluding carboxylic acids is 2. The van der Waals surface area contributed by atoms with E-state index in [1.807, 2.05) is 25.1 Å². The van der Waals surface area contributed by atoms with Gasteiger partial charge in [0.2, 0.25) is 5.91 Å². The highest BCUT2D eigenvalue weighted by atomic mass is 32.1. The van der Waals surface area contributed by atoms with E-state index in [1.54, 1.807) is 13.8 Å². The lowest BCUT2D eigenvalue weighted by Gasteiger charge is -2.13. The fourth-order valence-electron chi connectivity index (χ4n) is 3.00. The van der Waals surface area contributed by atoms with Gasteiger partial charge in [-0.1, -0.05) is 19.4 Å². The Morgan fingerprint density at radius 1 is 1.12 bits per heavy atom. The number of rotatable bonds is 12. The second kappa shape index (κ2) is 12.7. The molecule has 1 amide bonds. The average molecular weight is 459 g/mol. The Labute approximate surface area is 193 Å². The molecule has 0 aliphatic carbocycles. The second-order valence-corrected chi connectivity index (χ2v) is 8.08. The minimum absolute atomic E-state index is 0.220. The van der Waals surface area contributed by atoms with E-state index in [9.17, 15) is 14.9 Å². The number of amides is 1. The van der Waals surface area contributed by atoms with Gasteiger partial charge >= 0.3 is 5.97 Å². The lowest BCUT2D eigenvalue weighted by molar-refractivity contribution is -0.116. The van der Waals surface area contributed by atoms with Crippen LogP contribution in [0.1, 0.15) is 66.4 Å². The first-order valence-corrected chi connectivity index (χ1v) is 11.7. The molecule has 32 heavy (non-hydrogen) atoms. The number of unbranched alkanes of at least 4 members (excludes halogenated alkanes) is 1. The van der Waals surface area contributed by atoms with Gasteiger partial charge in [0, 0.05) is 6.42 Å². The molecule has 0 radical (unpaired) electrons. The first-order valence-electron chi connectivity index (χ1n) is 10.8. The predicted octanol–water partition coefficient (Wildman–Crippen LogP) is 5.25. The molecule has 0 fully saturated rings. The standard InChI is InChI=1S/C24H30N2O5S/c1-5-8-13-31-19-11-9-17(14-20(19)29-6-2)10-12-21(27)26-23-18(15-25)16(4)22(32-23)24(28)30-7-3/h9,11,14H,5-8,10,12-13H2,1-4H3,(H,26,27). The molecule has 0 aliphatic rings. The number of ether oxygens (including phenoxy) is 3. The van der Waals surface area contributed by atoms with Crippen LogP contribution in [0.25, 0.3) is 0 Å². The number of anilines is 1. The van der Waals surface area contributed by atoms with Crippen molar-refractivity contribution in [2.45, 2.75) is 53.4 Å². The molecule has 2 aromatic rings. The minimum atomic E-state index is -0.489. The highest BCUT2D eigenvalue weighted by Crippen LogP contribution is 2.33. The summed E-state index contributed by atoms with van der Waals surface area (Å²) in [6, 6.07) is 7.76. The Kier molecular flexibility index (Phi) is 10.0. The summed E-state index contributed by atoms with van der Waals surface area (Å²) < 4.78 is 16.5. The van der Waals surface area contributed by atoms with Crippen LogP contribution in [0.15, 0.2) is 18.2 Å². The van der Waals surface area contributed by atoms with E-state index in [1.165, 1.54) is 0 Å². The van der Waals surface area contributed by atoms with E-state index in [4.69, 9.17) is 14.2 Å². The van der Waals surface area contributed by atoms with E-state index in [-0.39, 0.29) is 18.9 Å². The number of carbonyl (C=O) groups is 2. The molecule has 7 nitrogen and oxygen atoms in total. The van der Waals surface area contributed by atoms with E-state index >= 15 is 0 Å². The van der Waals surface area contributed by atoms with Crippen LogP contribution in [-0.4, -0.2) is 31.7 Å². The summed E-state index contributed by atoms with van der Waals surface area (Å²) in [6.45, 7) is 8.81. The normalized spacial score (nSPS) is 10.3. The van der Waals surface area contributed by atoms with Crippen LogP contribution < -0.4 is 14.8 Å². The fraction of sp³-hybridized carbons (Fsp3) is 0.458. The van der Waals surface area contributed by atoms with Gasteiger partial charge in [-0.15, -0.1) is 11.3 Å². The monoisotopic (exact) mass is 458 g/mol. The lowest BCUT2D eigenvalue weighted by Crippen LogP contribution is -2.12. The number of nitrogens with one attached hydrogen (secondary N) is 1. The maximum Gasteiger partial charge on any atom is 0.348 e. The molecular weight excluding hydrogens is 428 g/mol. The van der Waals surface area contributed by atoms with Crippen molar-refractivity contribution in [2.24, 2.45) is 0 Å². The van der Waals surface area contributed by atoms with E-state index in [0.29, 0.717) is 52.1 Å². The predicted molar refractivity (Wildman–Crippen MR) is 125 cm³/mol. The van der Waals surface area contributed by atoms with Gasteiger partial charge in [0.25, 0.3) is 0 Å². The second-order valence-electron chi connectivity index (χ2n) is 7.06. The Morgan fingerprint density at radius 2 is 1.91 bits per heavy atom. The van der Waals surface area contributed by atoms with E-state index in [0.717, 1.165) is 29.7 Å². The van der Waals surface area contributed by atoms with Crippen LogP contribution in [0.4, 0.5) is 5.00 Å². The number of nitrogens with zero attached hydrogens (tertiary/aromatic N) is 1. The summed E-state index contributed by atoms with van der Waals surface area (Å²) in [4.78, 5) is 25.0. The molecule has 0 aliphatic heterocycles. The maximum atomic E-state index is 12.5. The number of hydrogen-bond donors (Lipinski definition) is 1. The Bertz CT molecular complexity index is 977. The van der Waals surface area contributed by atoms with Crippen LogP contribution >= 0.6 is 11.3 Å². The zero-order valence-corrected chi connectivity index (χ0v) is 19.9. The molecule has 1 aromatic carbocycles. The molecule has 2 rings (SSSR count). The first kappa shape index (κ1) is 25.2. The molecule has 8 heteroatoms. The van der Waals surface area contributed by atoms with Crippen LogP contribution in [-0.2, 0) is 16.0 Å². The Morgan fingerprint density at radius 3 is 2.56 bits per heavy atom. The molecular formula is C24H30N2O5S. The van der Waals surface area contributed by atoms with Crippen molar-refractivity contribution in [1.29, 1.82) is 5.26 Å². The highest BCUT2D eigenvalue weighted by Gasteiger charge is 2.22. The minimum Gasteiger partial charge on any atom is -0.490 e. The Hall–Kier alpha value is -3.05. The first-order chi connectivity index (χ1) is 15.4. The van der Waals surface area contributed by atoms with Gasteiger partial charge in [0.1, 0.15) is 15.9 Å². The summed E-state index contributed by atoms with van der Waals surface area (Å²) in [5.41, 5.74) is 1.76. The summed E-state index contributed by atoms with van der Waals surface area (Å²) in [5.74, 6) is 0.644. The van der Waals surface area contributed by atoms with Crippen molar-refractivity contribution in [3.05, 3.63) is 39.8 Å². The number of hydrogen-bond acceptors (Lipinski definition) is 7. The topological polar surface area (TPSA) is 97.6 Å². The summed E-state index contributed by atoms with van der Waals surface area (Å²) in [7, 11) is 0. The Balaban J connectivity index is 2.05. The number of aryl methyl sites for hydroxylation is 1. The van der Waals surface area contributed by atoms with Crippen molar-refractivity contribution in [2.75, 3.05) is 25.1 Å². The molecule has 0 atom stereocenters. The number of thiophene rings is 1. The van der Waals surface area contributed by atoms with Crippen molar-refractivity contribution >= 4 is 28.2 Å². The molecule has 172 valence electrons. The average Bonchev–Trinajstić information content (AvgIpc) is 3.09. The molecule has 1 aromatic heterocycles. The van der Waals surface area contributed by atoms with Crippen molar-refractivity contribution in [3.63, 3.8) is 0 Å². The third-order valence-corrected chi connectivity index (χ3v) is 5.86. The smallest absolute Gasteiger partial charge is 0.348 e. The van der Waals surface area contributed by atoms with Gasteiger partial charge in [-0.2, -0.15) is 5.26 Å². The van der Waals surface area contributed by atoms with Gasteiger partial charge in [0.15, 0.2) is 11.5 Å². The summed E-state index contributed by atoms with van der Waals surface area (Å²) in [6.07, 6.45) is 2.74. The molecule has 0 unspecified atom stereocenters. The van der Waals surface area contributed by atoms with E-state index in [2.05, 4.69) is 18.3 Å². The quantitative estimate of drug-likeness (QED) is 0.344. The van der Waals surface area contributed by atoms with Crippen molar-refractivity contribution in [1.82, 2.24) is 0 Å². The zero-order chi connectivity index (χ0) is 23.5. The van der Waals surface area contributed by atoms with E-state index < -0.39 is 5.97 Å². The molecule has 0 bridgehead atoms. The highest BCUT2D eigenvalue weighted by molar-refractivity contribution is 7.18. The molecule has 1 N–H and O–H groups in total.